The van der Waals surface area contributed by atoms with E-state index in [4.69, 9.17) is 9.84 Å². The summed E-state index contributed by atoms with van der Waals surface area (Å²) in [7, 11) is 1.70. The monoisotopic (exact) mass is 201 g/mol. The molecule has 1 fully saturated rings. The number of carbonyl (C=O) groups is 1. The van der Waals surface area contributed by atoms with E-state index < -0.39 is 12.0 Å². The topological polar surface area (TPSA) is 58.6 Å². The lowest BCUT2D eigenvalue weighted by molar-refractivity contribution is -0.139. The van der Waals surface area contributed by atoms with Gasteiger partial charge in [-0.15, -0.1) is 0 Å². The Kier molecular flexibility index (Phi) is 4.90. The second-order valence-corrected chi connectivity index (χ2v) is 3.81. The molecule has 4 heteroatoms. The molecule has 0 bridgehead atoms. The predicted octanol–water partition coefficient (Wildman–Crippen LogP) is 0.866. The van der Waals surface area contributed by atoms with E-state index in [9.17, 15) is 4.79 Å². The van der Waals surface area contributed by atoms with Crippen LogP contribution >= 0.6 is 0 Å². The number of hydrogen-bond acceptors (Lipinski definition) is 3. The molecule has 82 valence electrons. The molecular weight excluding hydrogens is 182 g/mol. The SMILES string of the molecule is CN[C@@H](CCC1CCOCC1)C(=O)O. The van der Waals surface area contributed by atoms with Crippen LogP contribution in [0.5, 0.6) is 0 Å². The van der Waals surface area contributed by atoms with E-state index in [1.807, 2.05) is 0 Å². The van der Waals surface area contributed by atoms with Crippen LogP contribution in [0.1, 0.15) is 25.7 Å². The Morgan fingerprint density at radius 2 is 2.21 bits per heavy atom. The average Bonchev–Trinajstić information content (AvgIpc) is 2.20. The summed E-state index contributed by atoms with van der Waals surface area (Å²) in [5, 5.41) is 11.6. The molecule has 14 heavy (non-hydrogen) atoms. The second kappa shape index (κ2) is 5.98. The fourth-order valence-corrected chi connectivity index (χ4v) is 1.83. The van der Waals surface area contributed by atoms with Crippen molar-refractivity contribution in [1.82, 2.24) is 5.32 Å². The van der Waals surface area contributed by atoms with Gasteiger partial charge >= 0.3 is 5.97 Å². The first-order valence-corrected chi connectivity index (χ1v) is 5.22. The van der Waals surface area contributed by atoms with Gasteiger partial charge in [-0.1, -0.05) is 0 Å². The molecule has 1 rings (SSSR count). The van der Waals surface area contributed by atoms with Gasteiger partial charge in [0.2, 0.25) is 0 Å². The summed E-state index contributed by atoms with van der Waals surface area (Å²) in [6, 6.07) is -0.391. The number of carboxylic acid groups (broad SMARTS) is 1. The Labute approximate surface area is 84.6 Å². The molecule has 0 aliphatic carbocycles. The molecule has 1 aliphatic heterocycles. The third kappa shape index (κ3) is 3.64. The predicted molar refractivity (Wildman–Crippen MR) is 53.3 cm³/mol. The maximum atomic E-state index is 10.7. The number of likely N-dealkylation sites (N-methyl/N-ethyl adjacent to an activating group) is 1. The molecule has 1 aliphatic rings. The van der Waals surface area contributed by atoms with Gasteiger partial charge in [0.15, 0.2) is 0 Å². The minimum Gasteiger partial charge on any atom is -0.480 e. The molecule has 0 saturated carbocycles. The number of nitrogens with one attached hydrogen (secondary N) is 1. The minimum absolute atomic E-state index is 0.391. The summed E-state index contributed by atoms with van der Waals surface area (Å²) in [5.74, 6) is -0.0986. The van der Waals surface area contributed by atoms with Crippen LogP contribution < -0.4 is 5.32 Å². The van der Waals surface area contributed by atoms with Gasteiger partial charge in [0.05, 0.1) is 0 Å². The van der Waals surface area contributed by atoms with Crippen molar-refractivity contribution >= 4 is 5.97 Å². The molecular formula is C10H19NO3. The molecule has 0 aromatic rings. The highest BCUT2D eigenvalue weighted by Gasteiger charge is 2.19. The maximum absolute atomic E-state index is 10.7. The lowest BCUT2D eigenvalue weighted by atomic mass is 9.93. The van der Waals surface area contributed by atoms with Crippen LogP contribution in [-0.4, -0.2) is 37.4 Å². The van der Waals surface area contributed by atoms with Crippen molar-refractivity contribution in [3.63, 3.8) is 0 Å². The van der Waals surface area contributed by atoms with Crippen molar-refractivity contribution < 1.29 is 14.6 Å². The number of hydrogen-bond donors (Lipinski definition) is 2. The highest BCUT2D eigenvalue weighted by Crippen LogP contribution is 2.20. The van der Waals surface area contributed by atoms with Crippen LogP contribution in [0, 0.1) is 5.92 Å². The summed E-state index contributed by atoms with van der Waals surface area (Å²) in [6.07, 6.45) is 3.86. The quantitative estimate of drug-likeness (QED) is 0.693. The summed E-state index contributed by atoms with van der Waals surface area (Å²) < 4.78 is 5.25. The van der Waals surface area contributed by atoms with Gasteiger partial charge in [-0.3, -0.25) is 4.79 Å². The van der Waals surface area contributed by atoms with E-state index in [1.54, 1.807) is 7.05 Å². The number of aliphatic carboxylic acids is 1. The molecule has 4 nitrogen and oxygen atoms in total. The first-order valence-electron chi connectivity index (χ1n) is 5.22. The van der Waals surface area contributed by atoms with E-state index in [0.29, 0.717) is 5.92 Å². The second-order valence-electron chi connectivity index (χ2n) is 3.81. The zero-order chi connectivity index (χ0) is 10.4. The summed E-state index contributed by atoms with van der Waals surface area (Å²) in [6.45, 7) is 1.67. The van der Waals surface area contributed by atoms with Crippen molar-refractivity contribution in [3.05, 3.63) is 0 Å². The van der Waals surface area contributed by atoms with Gasteiger partial charge in [0, 0.05) is 13.2 Å². The molecule has 0 unspecified atom stereocenters. The van der Waals surface area contributed by atoms with E-state index in [-0.39, 0.29) is 0 Å². The van der Waals surface area contributed by atoms with E-state index in [1.165, 1.54) is 0 Å². The fraction of sp³-hybridized carbons (Fsp3) is 0.900. The number of carboxylic acids is 1. The smallest absolute Gasteiger partial charge is 0.320 e. The van der Waals surface area contributed by atoms with Gasteiger partial charge in [-0.05, 0) is 38.6 Å². The highest BCUT2D eigenvalue weighted by atomic mass is 16.5. The van der Waals surface area contributed by atoms with Crippen LogP contribution in [0.4, 0.5) is 0 Å². The first-order chi connectivity index (χ1) is 6.74. The van der Waals surface area contributed by atoms with E-state index in [2.05, 4.69) is 5.32 Å². The van der Waals surface area contributed by atoms with Crippen molar-refractivity contribution in [3.8, 4) is 0 Å². The Morgan fingerprint density at radius 1 is 1.57 bits per heavy atom. The minimum atomic E-state index is -0.750. The summed E-state index contributed by atoms with van der Waals surface area (Å²) in [4.78, 5) is 10.7. The van der Waals surface area contributed by atoms with Gasteiger partial charge < -0.3 is 15.2 Å². The van der Waals surface area contributed by atoms with Gasteiger partial charge in [0.1, 0.15) is 6.04 Å². The van der Waals surface area contributed by atoms with Crippen molar-refractivity contribution in [2.45, 2.75) is 31.7 Å². The zero-order valence-corrected chi connectivity index (χ0v) is 8.66. The highest BCUT2D eigenvalue weighted by molar-refractivity contribution is 5.73. The Hall–Kier alpha value is -0.610. The number of ether oxygens (including phenoxy) is 1. The molecule has 0 aromatic heterocycles. The molecule has 1 saturated heterocycles. The third-order valence-electron chi connectivity index (χ3n) is 2.85. The normalized spacial score (nSPS) is 20.6. The molecule has 0 spiro atoms. The summed E-state index contributed by atoms with van der Waals surface area (Å²) >= 11 is 0. The average molecular weight is 201 g/mol. The first kappa shape index (κ1) is 11.5. The molecule has 0 aromatic carbocycles. The van der Waals surface area contributed by atoms with E-state index >= 15 is 0 Å². The van der Waals surface area contributed by atoms with Gasteiger partial charge in [-0.2, -0.15) is 0 Å². The van der Waals surface area contributed by atoms with Crippen LogP contribution in [0.3, 0.4) is 0 Å². The van der Waals surface area contributed by atoms with Crippen LogP contribution in [0.25, 0.3) is 0 Å². The van der Waals surface area contributed by atoms with Crippen molar-refractivity contribution in [2.24, 2.45) is 5.92 Å². The molecule has 1 heterocycles. The maximum Gasteiger partial charge on any atom is 0.320 e. The largest absolute Gasteiger partial charge is 0.480 e. The molecule has 2 N–H and O–H groups in total. The lowest BCUT2D eigenvalue weighted by Crippen LogP contribution is -2.34. The number of rotatable bonds is 5. The lowest BCUT2D eigenvalue weighted by Gasteiger charge is -2.23. The van der Waals surface area contributed by atoms with Gasteiger partial charge in [-0.25, -0.2) is 0 Å². The van der Waals surface area contributed by atoms with Crippen LogP contribution in [-0.2, 0) is 9.53 Å². The Bertz CT molecular complexity index is 178. The Morgan fingerprint density at radius 3 is 2.71 bits per heavy atom. The standard InChI is InChI=1S/C10H19NO3/c1-11-9(10(12)13)3-2-8-4-6-14-7-5-8/h8-9,11H,2-7H2,1H3,(H,12,13)/t9-/m0/s1. The van der Waals surface area contributed by atoms with Crippen molar-refractivity contribution in [1.29, 1.82) is 0 Å². The van der Waals surface area contributed by atoms with Crippen LogP contribution in [0.15, 0.2) is 0 Å². The van der Waals surface area contributed by atoms with Gasteiger partial charge in [0.25, 0.3) is 0 Å². The molecule has 0 amide bonds. The molecule has 1 atom stereocenters. The zero-order valence-electron chi connectivity index (χ0n) is 8.66. The fourth-order valence-electron chi connectivity index (χ4n) is 1.83. The van der Waals surface area contributed by atoms with E-state index in [0.717, 1.165) is 38.9 Å². The van der Waals surface area contributed by atoms with Crippen LogP contribution in [0.2, 0.25) is 0 Å². The summed E-state index contributed by atoms with van der Waals surface area (Å²) in [5.41, 5.74) is 0. The van der Waals surface area contributed by atoms with Crippen molar-refractivity contribution in [2.75, 3.05) is 20.3 Å². The Balaban J connectivity index is 2.20. The third-order valence-corrected chi connectivity index (χ3v) is 2.85. The molecule has 0 radical (unpaired) electrons.